The normalized spacial score (nSPS) is 10.6. The molecule has 0 aliphatic rings. The van der Waals surface area contributed by atoms with Crippen LogP contribution in [0.25, 0.3) is 0 Å². The predicted molar refractivity (Wildman–Crippen MR) is 117 cm³/mol. The summed E-state index contributed by atoms with van der Waals surface area (Å²) < 4.78 is 10.3. The Hall–Kier alpha value is -3.42. The van der Waals surface area contributed by atoms with Crippen LogP contribution in [0, 0.1) is 0 Å². The van der Waals surface area contributed by atoms with Crippen molar-refractivity contribution < 1.29 is 39.5 Å². The van der Waals surface area contributed by atoms with Crippen LogP contribution >= 0.6 is 0 Å². The molecule has 0 heterocycles. The zero-order valence-electron chi connectivity index (χ0n) is 18.0. The second-order valence-electron chi connectivity index (χ2n) is 7.50. The van der Waals surface area contributed by atoms with Crippen molar-refractivity contribution in [1.82, 2.24) is 0 Å². The fourth-order valence-electron chi connectivity index (χ4n) is 3.14. The van der Waals surface area contributed by atoms with Crippen molar-refractivity contribution in [1.29, 1.82) is 0 Å². The van der Waals surface area contributed by atoms with Gasteiger partial charge in [-0.1, -0.05) is 38.5 Å². The lowest BCUT2D eigenvalue weighted by Crippen LogP contribution is -2.06. The van der Waals surface area contributed by atoms with Gasteiger partial charge in [0.2, 0.25) is 0 Å². The molecule has 2 aromatic rings. The van der Waals surface area contributed by atoms with Gasteiger partial charge in [0, 0.05) is 12.1 Å². The van der Waals surface area contributed by atoms with Gasteiger partial charge >= 0.3 is 11.9 Å². The first-order chi connectivity index (χ1) is 15.4. The number of hydrogen-bond acceptors (Lipinski definition) is 8. The van der Waals surface area contributed by atoms with Crippen LogP contribution in [0.2, 0.25) is 0 Å². The first kappa shape index (κ1) is 24.8. The van der Waals surface area contributed by atoms with Gasteiger partial charge in [-0.05, 0) is 37.1 Å². The number of unbranched alkanes of at least 4 members (excludes halogenated alkanes) is 7. The van der Waals surface area contributed by atoms with E-state index < -0.39 is 11.9 Å². The highest BCUT2D eigenvalue weighted by Crippen LogP contribution is 2.24. The van der Waals surface area contributed by atoms with Crippen molar-refractivity contribution in [2.75, 3.05) is 13.2 Å². The SMILES string of the molecule is O=C(OCCCCCCCCCCOC(=O)c1ccc(O)cc1O)c1ccc(O)cc1O. The lowest BCUT2D eigenvalue weighted by atomic mass is 10.1. The molecule has 0 fully saturated rings. The van der Waals surface area contributed by atoms with Gasteiger partial charge in [0.05, 0.1) is 13.2 Å². The molecule has 0 unspecified atom stereocenters. The summed E-state index contributed by atoms with van der Waals surface area (Å²) in [7, 11) is 0. The average molecular weight is 446 g/mol. The van der Waals surface area contributed by atoms with E-state index in [1.165, 1.54) is 24.3 Å². The number of hydrogen-bond donors (Lipinski definition) is 4. The Morgan fingerprint density at radius 2 is 0.906 bits per heavy atom. The van der Waals surface area contributed by atoms with E-state index in [2.05, 4.69) is 0 Å². The lowest BCUT2D eigenvalue weighted by molar-refractivity contribution is 0.0483. The van der Waals surface area contributed by atoms with Gasteiger partial charge in [0.25, 0.3) is 0 Å². The second-order valence-corrected chi connectivity index (χ2v) is 7.50. The highest BCUT2D eigenvalue weighted by molar-refractivity contribution is 5.93. The summed E-state index contributed by atoms with van der Waals surface area (Å²) >= 11 is 0. The minimum absolute atomic E-state index is 0.0355. The Bertz CT molecular complexity index is 820. The molecule has 0 bridgehead atoms. The third-order valence-electron chi connectivity index (χ3n) is 4.91. The number of benzene rings is 2. The predicted octanol–water partition coefficient (Wildman–Crippen LogP) is 4.64. The summed E-state index contributed by atoms with van der Waals surface area (Å²) in [5.41, 5.74) is 0.0710. The smallest absolute Gasteiger partial charge is 0.341 e. The van der Waals surface area contributed by atoms with Crippen LogP contribution in [0.1, 0.15) is 72.1 Å². The van der Waals surface area contributed by atoms with E-state index in [9.17, 15) is 30.0 Å². The number of rotatable bonds is 13. The lowest BCUT2D eigenvalue weighted by Gasteiger charge is -2.07. The van der Waals surface area contributed by atoms with Crippen LogP contribution in [-0.2, 0) is 9.47 Å². The van der Waals surface area contributed by atoms with Crippen LogP contribution in [0.15, 0.2) is 36.4 Å². The van der Waals surface area contributed by atoms with Crippen molar-refractivity contribution in [3.63, 3.8) is 0 Å². The van der Waals surface area contributed by atoms with Crippen molar-refractivity contribution in [2.45, 2.75) is 51.4 Å². The fourth-order valence-corrected chi connectivity index (χ4v) is 3.14. The van der Waals surface area contributed by atoms with Gasteiger partial charge in [0.1, 0.15) is 34.1 Å². The van der Waals surface area contributed by atoms with E-state index in [4.69, 9.17) is 9.47 Å². The molecule has 2 aromatic carbocycles. The number of esters is 2. The summed E-state index contributed by atoms with van der Waals surface area (Å²) in [5.74, 6) is -2.05. The summed E-state index contributed by atoms with van der Waals surface area (Å²) in [4.78, 5) is 23.7. The van der Waals surface area contributed by atoms with Gasteiger partial charge in [-0.25, -0.2) is 9.59 Å². The van der Waals surface area contributed by atoms with Crippen molar-refractivity contribution >= 4 is 11.9 Å². The number of carbonyl (C=O) groups excluding carboxylic acids is 2. The topological polar surface area (TPSA) is 134 Å². The molecular weight excluding hydrogens is 416 g/mol. The summed E-state index contributed by atoms with van der Waals surface area (Å²) in [6, 6.07) is 7.49. The van der Waals surface area contributed by atoms with Crippen LogP contribution in [0.5, 0.6) is 23.0 Å². The molecule has 0 saturated heterocycles. The molecule has 0 radical (unpaired) electrons. The minimum Gasteiger partial charge on any atom is -0.508 e. The van der Waals surface area contributed by atoms with E-state index in [-0.39, 0.29) is 47.3 Å². The fraction of sp³-hybridized carbons (Fsp3) is 0.417. The maximum Gasteiger partial charge on any atom is 0.341 e. The van der Waals surface area contributed by atoms with E-state index >= 15 is 0 Å². The number of phenolic OH excluding ortho intramolecular Hbond substituents is 4. The summed E-state index contributed by atoms with van der Waals surface area (Å²) in [6.07, 6.45) is 7.52. The Balaban J connectivity index is 1.44. The number of aromatic hydroxyl groups is 4. The molecule has 0 aliphatic carbocycles. The van der Waals surface area contributed by atoms with Crippen LogP contribution < -0.4 is 0 Å². The molecule has 0 aliphatic heterocycles. The summed E-state index contributed by atoms with van der Waals surface area (Å²) in [6.45, 7) is 0.558. The third kappa shape index (κ3) is 8.37. The van der Waals surface area contributed by atoms with E-state index in [0.29, 0.717) is 0 Å². The zero-order chi connectivity index (χ0) is 23.3. The standard InChI is InChI=1S/C24H30O8/c25-17-9-11-19(21(27)15-17)23(29)31-13-7-5-3-1-2-4-6-8-14-32-24(30)20-12-10-18(26)16-22(20)28/h9-12,15-16,25-28H,1-8,13-14H2. The Kier molecular flexibility index (Phi) is 10.2. The first-order valence-electron chi connectivity index (χ1n) is 10.8. The molecule has 0 atom stereocenters. The van der Waals surface area contributed by atoms with Gasteiger partial charge in [0.15, 0.2) is 0 Å². The third-order valence-corrected chi connectivity index (χ3v) is 4.91. The van der Waals surface area contributed by atoms with Gasteiger partial charge in [-0.2, -0.15) is 0 Å². The second kappa shape index (κ2) is 13.1. The molecule has 0 saturated carbocycles. The Morgan fingerprint density at radius 1 is 0.562 bits per heavy atom. The quantitative estimate of drug-likeness (QED) is 0.258. The van der Waals surface area contributed by atoms with Gasteiger partial charge in [-0.15, -0.1) is 0 Å². The van der Waals surface area contributed by atoms with Crippen LogP contribution in [-0.4, -0.2) is 45.6 Å². The number of carbonyl (C=O) groups is 2. The average Bonchev–Trinajstić information content (AvgIpc) is 2.74. The van der Waals surface area contributed by atoms with Crippen LogP contribution in [0.4, 0.5) is 0 Å². The van der Waals surface area contributed by atoms with Crippen molar-refractivity contribution in [3.8, 4) is 23.0 Å². The maximum absolute atomic E-state index is 11.9. The molecule has 2 rings (SSSR count). The molecule has 4 N–H and O–H groups in total. The minimum atomic E-state index is -0.608. The number of phenols is 4. The highest BCUT2D eigenvalue weighted by Gasteiger charge is 2.13. The number of ether oxygens (including phenoxy) is 2. The van der Waals surface area contributed by atoms with E-state index in [0.717, 1.165) is 63.5 Å². The molecule has 8 nitrogen and oxygen atoms in total. The Labute approximate surface area is 187 Å². The first-order valence-corrected chi connectivity index (χ1v) is 10.8. The summed E-state index contributed by atoms with van der Waals surface area (Å²) in [5, 5.41) is 37.7. The maximum atomic E-state index is 11.9. The zero-order valence-corrected chi connectivity index (χ0v) is 18.0. The van der Waals surface area contributed by atoms with Crippen molar-refractivity contribution in [2.24, 2.45) is 0 Å². The molecule has 174 valence electrons. The molecular formula is C24H30O8. The molecule has 0 aromatic heterocycles. The molecule has 0 spiro atoms. The molecule has 32 heavy (non-hydrogen) atoms. The Morgan fingerprint density at radius 3 is 1.25 bits per heavy atom. The largest absolute Gasteiger partial charge is 0.508 e. The van der Waals surface area contributed by atoms with Crippen LogP contribution in [0.3, 0.4) is 0 Å². The molecule has 8 heteroatoms. The van der Waals surface area contributed by atoms with E-state index in [1.807, 2.05) is 0 Å². The highest BCUT2D eigenvalue weighted by atomic mass is 16.5. The molecule has 0 amide bonds. The monoisotopic (exact) mass is 446 g/mol. The van der Waals surface area contributed by atoms with Gasteiger partial charge < -0.3 is 29.9 Å². The van der Waals surface area contributed by atoms with Crippen molar-refractivity contribution in [3.05, 3.63) is 47.5 Å². The van der Waals surface area contributed by atoms with E-state index in [1.54, 1.807) is 0 Å². The van der Waals surface area contributed by atoms with Gasteiger partial charge in [-0.3, -0.25) is 0 Å².